The number of nitrogens with zero attached hydrogens (tertiary/aromatic N) is 5. The van der Waals surface area contributed by atoms with E-state index < -0.39 is 29.7 Å². The SMILES string of the molecule is NCCCS(=O)(=O)c1ccc(N2CCN(CCO)CC2)c(-c2nn[nH]n2)c1S(N)(=O)=O. The number of piperazine rings is 1. The number of nitrogens with one attached hydrogen (secondary N) is 1. The largest absolute Gasteiger partial charge is 0.395 e. The number of benzene rings is 1. The molecule has 31 heavy (non-hydrogen) atoms. The van der Waals surface area contributed by atoms with Crippen molar-refractivity contribution in [2.24, 2.45) is 10.9 Å². The first-order valence-corrected chi connectivity index (χ1v) is 12.8. The molecule has 0 amide bonds. The summed E-state index contributed by atoms with van der Waals surface area (Å²) in [4.78, 5) is 3.01. The van der Waals surface area contributed by atoms with Crippen LogP contribution in [0.1, 0.15) is 6.42 Å². The van der Waals surface area contributed by atoms with Gasteiger partial charge in [-0.05, 0) is 30.3 Å². The first kappa shape index (κ1) is 23.5. The highest BCUT2D eigenvalue weighted by atomic mass is 32.2. The molecule has 2 heterocycles. The predicted octanol–water partition coefficient (Wildman–Crippen LogP) is -2.25. The lowest BCUT2D eigenvalue weighted by atomic mass is 10.1. The Hall–Kier alpha value is -2.17. The van der Waals surface area contributed by atoms with E-state index in [-0.39, 0.29) is 36.7 Å². The minimum absolute atomic E-state index is 0.0133. The number of sulfone groups is 1. The van der Waals surface area contributed by atoms with Crippen molar-refractivity contribution in [1.29, 1.82) is 0 Å². The molecule has 13 nitrogen and oxygen atoms in total. The van der Waals surface area contributed by atoms with Gasteiger partial charge in [-0.3, -0.25) is 4.90 Å². The van der Waals surface area contributed by atoms with Gasteiger partial charge >= 0.3 is 0 Å². The number of primary sulfonamides is 1. The molecular formula is C16H26N8O5S2. The number of rotatable bonds is 9. The highest BCUT2D eigenvalue weighted by Crippen LogP contribution is 2.39. The molecule has 0 saturated carbocycles. The Kier molecular flexibility index (Phi) is 7.23. The second-order valence-electron chi connectivity index (χ2n) is 7.08. The molecule has 0 bridgehead atoms. The summed E-state index contributed by atoms with van der Waals surface area (Å²) in [6.07, 6.45) is 0.165. The predicted molar refractivity (Wildman–Crippen MR) is 112 cm³/mol. The lowest BCUT2D eigenvalue weighted by molar-refractivity contribution is 0.189. The van der Waals surface area contributed by atoms with Crippen molar-refractivity contribution in [1.82, 2.24) is 25.5 Å². The highest BCUT2D eigenvalue weighted by molar-refractivity contribution is 7.93. The number of aliphatic hydroxyl groups is 1. The van der Waals surface area contributed by atoms with Crippen molar-refractivity contribution in [3.8, 4) is 11.4 Å². The first-order chi connectivity index (χ1) is 14.7. The number of hydrogen-bond acceptors (Lipinski definition) is 11. The number of nitrogens with two attached hydrogens (primary N) is 2. The third kappa shape index (κ3) is 5.19. The van der Waals surface area contributed by atoms with E-state index in [1.54, 1.807) is 0 Å². The van der Waals surface area contributed by atoms with Gasteiger partial charge in [0.25, 0.3) is 0 Å². The number of β-amino-alcohol motifs (C(OH)–C–C–N with tert-alkyl or cyclic N) is 1. The van der Waals surface area contributed by atoms with Crippen LogP contribution < -0.4 is 15.8 Å². The van der Waals surface area contributed by atoms with Crippen molar-refractivity contribution in [3.05, 3.63) is 12.1 Å². The third-order valence-electron chi connectivity index (χ3n) is 5.03. The van der Waals surface area contributed by atoms with Gasteiger partial charge in [-0.15, -0.1) is 10.2 Å². The minimum atomic E-state index is -4.48. The quantitative estimate of drug-likeness (QED) is 0.306. The fraction of sp³-hybridized carbons (Fsp3) is 0.562. The van der Waals surface area contributed by atoms with Crippen molar-refractivity contribution in [2.75, 3.05) is 56.5 Å². The summed E-state index contributed by atoms with van der Waals surface area (Å²) in [6, 6.07) is 2.79. The van der Waals surface area contributed by atoms with Gasteiger partial charge in [0.05, 0.1) is 22.8 Å². The zero-order chi connectivity index (χ0) is 22.6. The molecule has 1 fully saturated rings. The Morgan fingerprint density at radius 1 is 1.13 bits per heavy atom. The van der Waals surface area contributed by atoms with Crippen LogP contribution in [-0.2, 0) is 19.9 Å². The fourth-order valence-electron chi connectivity index (χ4n) is 3.56. The van der Waals surface area contributed by atoms with Crippen LogP contribution in [0.2, 0.25) is 0 Å². The molecular weight excluding hydrogens is 448 g/mol. The molecule has 1 aromatic carbocycles. The Morgan fingerprint density at radius 3 is 2.39 bits per heavy atom. The van der Waals surface area contributed by atoms with E-state index in [4.69, 9.17) is 16.0 Å². The minimum Gasteiger partial charge on any atom is -0.395 e. The highest BCUT2D eigenvalue weighted by Gasteiger charge is 2.33. The van der Waals surface area contributed by atoms with Gasteiger partial charge < -0.3 is 15.7 Å². The van der Waals surface area contributed by atoms with Crippen LogP contribution in [0.4, 0.5) is 5.69 Å². The van der Waals surface area contributed by atoms with Crippen LogP contribution in [0.5, 0.6) is 0 Å². The monoisotopic (exact) mass is 474 g/mol. The van der Waals surface area contributed by atoms with E-state index >= 15 is 0 Å². The summed E-state index contributed by atoms with van der Waals surface area (Å²) in [5.41, 5.74) is 5.86. The Bertz CT molecular complexity index is 1100. The van der Waals surface area contributed by atoms with Crippen LogP contribution in [0.3, 0.4) is 0 Å². The number of aromatic nitrogens is 4. The maximum Gasteiger partial charge on any atom is 0.240 e. The smallest absolute Gasteiger partial charge is 0.240 e. The molecule has 0 spiro atoms. The molecule has 0 aliphatic carbocycles. The van der Waals surface area contributed by atoms with Crippen LogP contribution in [0.15, 0.2) is 21.9 Å². The molecule has 1 aliphatic rings. The maximum absolute atomic E-state index is 12.9. The van der Waals surface area contributed by atoms with Gasteiger partial charge in [0.15, 0.2) is 9.84 Å². The van der Waals surface area contributed by atoms with E-state index in [9.17, 15) is 16.8 Å². The van der Waals surface area contributed by atoms with Crippen LogP contribution in [-0.4, -0.2) is 99.1 Å². The summed E-state index contributed by atoms with van der Waals surface area (Å²) in [5, 5.41) is 28.2. The average Bonchev–Trinajstić information content (AvgIpc) is 3.26. The van der Waals surface area contributed by atoms with Crippen molar-refractivity contribution < 1.29 is 21.9 Å². The van der Waals surface area contributed by atoms with E-state index in [1.165, 1.54) is 12.1 Å². The molecule has 2 aromatic rings. The standard InChI is InChI=1S/C16H26N8O5S2/c17-4-1-11-30(26,27)13-3-2-12(24-7-5-23(6-8-24)9-10-25)14(15(13)31(18,28)29)16-19-21-22-20-16/h2-3,25H,1,4-11,17H2,(H2,18,28,29)(H,19,20,21,22). The van der Waals surface area contributed by atoms with E-state index in [0.29, 0.717) is 38.4 Å². The average molecular weight is 475 g/mol. The van der Waals surface area contributed by atoms with Crippen LogP contribution >= 0.6 is 0 Å². The summed E-state index contributed by atoms with van der Waals surface area (Å²) < 4.78 is 51.0. The van der Waals surface area contributed by atoms with Crippen molar-refractivity contribution in [3.63, 3.8) is 0 Å². The molecule has 0 unspecified atom stereocenters. The lowest BCUT2D eigenvalue weighted by Crippen LogP contribution is -2.47. The molecule has 1 saturated heterocycles. The zero-order valence-electron chi connectivity index (χ0n) is 16.8. The third-order valence-corrected chi connectivity index (χ3v) is 7.99. The Labute approximate surface area is 180 Å². The molecule has 0 atom stereocenters. The first-order valence-electron chi connectivity index (χ1n) is 9.63. The maximum atomic E-state index is 12.9. The summed E-state index contributed by atoms with van der Waals surface area (Å²) >= 11 is 0. The summed E-state index contributed by atoms with van der Waals surface area (Å²) in [5.74, 6) is -0.399. The molecule has 172 valence electrons. The van der Waals surface area contributed by atoms with Gasteiger partial charge in [-0.25, -0.2) is 22.0 Å². The normalized spacial score (nSPS) is 16.0. The van der Waals surface area contributed by atoms with Gasteiger partial charge in [-0.2, -0.15) is 5.21 Å². The van der Waals surface area contributed by atoms with E-state index in [1.807, 2.05) is 4.90 Å². The topological polar surface area (TPSA) is 201 Å². The van der Waals surface area contributed by atoms with Gasteiger partial charge in [0, 0.05) is 38.4 Å². The number of tetrazole rings is 1. The van der Waals surface area contributed by atoms with Crippen LogP contribution in [0.25, 0.3) is 11.4 Å². The van der Waals surface area contributed by atoms with Crippen molar-refractivity contribution in [2.45, 2.75) is 16.2 Å². The second-order valence-corrected chi connectivity index (χ2v) is 10.7. The lowest BCUT2D eigenvalue weighted by Gasteiger charge is -2.36. The second kappa shape index (κ2) is 9.54. The molecule has 1 aromatic heterocycles. The number of hydrogen-bond donors (Lipinski definition) is 4. The molecule has 3 rings (SSSR count). The zero-order valence-corrected chi connectivity index (χ0v) is 18.4. The number of aliphatic hydroxyl groups excluding tert-OH is 1. The molecule has 0 radical (unpaired) electrons. The van der Waals surface area contributed by atoms with E-state index in [2.05, 4.69) is 25.5 Å². The van der Waals surface area contributed by atoms with Crippen molar-refractivity contribution >= 4 is 25.5 Å². The fourth-order valence-corrected chi connectivity index (χ4v) is 6.55. The van der Waals surface area contributed by atoms with Gasteiger partial charge in [0.1, 0.15) is 4.90 Å². The Balaban J connectivity index is 2.18. The van der Waals surface area contributed by atoms with Gasteiger partial charge in [0.2, 0.25) is 15.8 Å². The van der Waals surface area contributed by atoms with E-state index in [0.717, 1.165) is 0 Å². The summed E-state index contributed by atoms with van der Waals surface area (Å²) in [7, 11) is -8.47. The van der Waals surface area contributed by atoms with Gasteiger partial charge in [-0.1, -0.05) is 0 Å². The van der Waals surface area contributed by atoms with Crippen LogP contribution in [0, 0.1) is 0 Å². The number of aromatic amines is 1. The number of sulfonamides is 1. The molecule has 6 N–H and O–H groups in total. The number of H-pyrrole nitrogens is 1. The molecule has 1 aliphatic heterocycles. The Morgan fingerprint density at radius 2 is 1.84 bits per heavy atom. The summed E-state index contributed by atoms with van der Waals surface area (Å²) in [6.45, 7) is 3.02. The molecule has 15 heteroatoms. The number of anilines is 1.